The van der Waals surface area contributed by atoms with E-state index in [0.717, 1.165) is 19.4 Å². The molecule has 2 aliphatic rings. The molecule has 2 heteroatoms. The van der Waals surface area contributed by atoms with Gasteiger partial charge < -0.3 is 10.6 Å². The molecule has 0 atom stereocenters. The number of benzene rings is 1. The summed E-state index contributed by atoms with van der Waals surface area (Å²) in [5.41, 5.74) is 11.8. The Morgan fingerprint density at radius 1 is 1.18 bits per heavy atom. The number of nitrogens with two attached hydrogens (primary N) is 1. The molecule has 0 saturated carbocycles. The van der Waals surface area contributed by atoms with Crippen LogP contribution in [0.5, 0.6) is 0 Å². The van der Waals surface area contributed by atoms with E-state index in [1.807, 2.05) is 0 Å². The topological polar surface area (TPSA) is 29.3 Å². The van der Waals surface area contributed by atoms with Crippen LogP contribution in [0.1, 0.15) is 23.1 Å². The summed E-state index contributed by atoms with van der Waals surface area (Å²) in [6, 6.07) is 4.61. The van der Waals surface area contributed by atoms with E-state index in [1.54, 1.807) is 0 Å². The molecule has 0 fully saturated rings. The van der Waals surface area contributed by atoms with Gasteiger partial charge in [-0.2, -0.15) is 0 Å². The lowest BCUT2D eigenvalue weighted by atomic mass is 9.95. The zero-order chi connectivity index (χ0) is 11.7. The first-order valence-corrected chi connectivity index (χ1v) is 6.64. The van der Waals surface area contributed by atoms with Crippen LogP contribution in [-0.2, 0) is 19.3 Å². The number of allylic oxidation sites excluding steroid dienone is 1. The van der Waals surface area contributed by atoms with Crippen molar-refractivity contribution >= 4 is 5.69 Å². The molecule has 90 valence electrons. The minimum Gasteiger partial charge on any atom is -0.370 e. The van der Waals surface area contributed by atoms with Crippen molar-refractivity contribution in [1.29, 1.82) is 0 Å². The molecule has 0 amide bonds. The summed E-state index contributed by atoms with van der Waals surface area (Å²) in [4.78, 5) is 2.56. The van der Waals surface area contributed by atoms with E-state index in [2.05, 4.69) is 29.2 Å². The van der Waals surface area contributed by atoms with Crippen LogP contribution in [-0.4, -0.2) is 19.6 Å². The Kier molecular flexibility index (Phi) is 2.89. The van der Waals surface area contributed by atoms with Crippen LogP contribution in [0.25, 0.3) is 0 Å². The summed E-state index contributed by atoms with van der Waals surface area (Å²) >= 11 is 0. The molecular formula is C15H20N2. The molecule has 0 spiro atoms. The molecule has 0 saturated heterocycles. The largest absolute Gasteiger partial charge is 0.370 e. The maximum absolute atomic E-state index is 5.72. The lowest BCUT2D eigenvalue weighted by Crippen LogP contribution is -2.23. The van der Waals surface area contributed by atoms with Gasteiger partial charge in [0.25, 0.3) is 0 Å². The predicted octanol–water partition coefficient (Wildman–Crippen LogP) is 2.05. The Morgan fingerprint density at radius 3 is 3.00 bits per heavy atom. The van der Waals surface area contributed by atoms with Gasteiger partial charge in [0.2, 0.25) is 0 Å². The third kappa shape index (κ3) is 1.87. The van der Waals surface area contributed by atoms with Gasteiger partial charge in [-0.25, -0.2) is 0 Å². The van der Waals surface area contributed by atoms with E-state index in [-0.39, 0.29) is 0 Å². The maximum Gasteiger partial charge on any atom is 0.0438 e. The van der Waals surface area contributed by atoms with Crippen LogP contribution in [0.3, 0.4) is 0 Å². The van der Waals surface area contributed by atoms with E-state index in [0.29, 0.717) is 0 Å². The first-order chi connectivity index (χ1) is 8.40. The summed E-state index contributed by atoms with van der Waals surface area (Å²) in [5.74, 6) is 0. The summed E-state index contributed by atoms with van der Waals surface area (Å²) in [5, 5.41) is 0. The molecule has 0 aliphatic carbocycles. The summed E-state index contributed by atoms with van der Waals surface area (Å²) < 4.78 is 0. The third-order valence-electron chi connectivity index (χ3n) is 3.90. The smallest absolute Gasteiger partial charge is 0.0438 e. The molecule has 2 nitrogen and oxygen atoms in total. The number of rotatable bonds is 2. The van der Waals surface area contributed by atoms with Crippen LogP contribution >= 0.6 is 0 Å². The molecule has 0 aromatic heterocycles. The number of hydrogen-bond acceptors (Lipinski definition) is 2. The van der Waals surface area contributed by atoms with Gasteiger partial charge in [0.15, 0.2) is 0 Å². The summed E-state index contributed by atoms with van der Waals surface area (Å²) in [6.45, 7) is 3.11. The molecule has 17 heavy (non-hydrogen) atoms. The van der Waals surface area contributed by atoms with Crippen LogP contribution in [0.2, 0.25) is 0 Å². The van der Waals surface area contributed by atoms with Crippen LogP contribution in [0.15, 0.2) is 24.3 Å². The highest BCUT2D eigenvalue weighted by atomic mass is 15.1. The molecule has 0 radical (unpaired) electrons. The monoisotopic (exact) mass is 228 g/mol. The molecular weight excluding hydrogens is 208 g/mol. The zero-order valence-corrected chi connectivity index (χ0v) is 10.3. The van der Waals surface area contributed by atoms with Crippen LogP contribution in [0.4, 0.5) is 5.69 Å². The van der Waals surface area contributed by atoms with E-state index in [1.165, 1.54) is 48.3 Å². The SMILES string of the molecule is NCCc1ccc2c3c1CC=CCCN3CC2. The van der Waals surface area contributed by atoms with Gasteiger partial charge in [-0.05, 0) is 48.9 Å². The fourth-order valence-corrected chi connectivity index (χ4v) is 3.08. The molecule has 2 heterocycles. The van der Waals surface area contributed by atoms with E-state index in [4.69, 9.17) is 5.73 Å². The van der Waals surface area contributed by atoms with Gasteiger partial charge in [0, 0.05) is 18.8 Å². The lowest BCUT2D eigenvalue weighted by molar-refractivity contribution is 0.814. The molecule has 1 aromatic carbocycles. The summed E-state index contributed by atoms with van der Waals surface area (Å²) in [6.07, 6.45) is 9.12. The van der Waals surface area contributed by atoms with E-state index < -0.39 is 0 Å². The second-order valence-electron chi connectivity index (χ2n) is 4.95. The number of hydrogen-bond donors (Lipinski definition) is 1. The fraction of sp³-hybridized carbons (Fsp3) is 0.467. The van der Waals surface area contributed by atoms with Crippen molar-refractivity contribution < 1.29 is 0 Å². The van der Waals surface area contributed by atoms with E-state index >= 15 is 0 Å². The Labute approximate surface area is 103 Å². The predicted molar refractivity (Wildman–Crippen MR) is 72.6 cm³/mol. The second-order valence-corrected chi connectivity index (χ2v) is 4.95. The van der Waals surface area contributed by atoms with Gasteiger partial charge >= 0.3 is 0 Å². The van der Waals surface area contributed by atoms with Crippen molar-refractivity contribution in [2.24, 2.45) is 5.73 Å². The molecule has 3 rings (SSSR count). The van der Waals surface area contributed by atoms with Gasteiger partial charge in [-0.15, -0.1) is 0 Å². The van der Waals surface area contributed by atoms with Gasteiger partial charge in [0.1, 0.15) is 0 Å². The quantitative estimate of drug-likeness (QED) is 0.785. The Balaban J connectivity index is 2.10. The maximum atomic E-state index is 5.72. The highest BCUT2D eigenvalue weighted by Gasteiger charge is 2.23. The third-order valence-corrected chi connectivity index (χ3v) is 3.90. The Hall–Kier alpha value is -1.28. The van der Waals surface area contributed by atoms with E-state index in [9.17, 15) is 0 Å². The average Bonchev–Trinajstić information content (AvgIpc) is 2.70. The Morgan fingerprint density at radius 2 is 2.12 bits per heavy atom. The highest BCUT2D eigenvalue weighted by molar-refractivity contribution is 5.66. The standard InChI is InChI=1S/C15H20N2/c16-9-7-12-5-6-13-8-11-17-10-3-1-2-4-14(12)15(13)17/h1-2,5-6H,3-4,7-11,16H2. The Bertz CT molecular complexity index is 448. The van der Waals surface area contributed by atoms with Crippen molar-refractivity contribution in [3.63, 3.8) is 0 Å². The molecule has 1 aromatic rings. The second kappa shape index (κ2) is 4.53. The van der Waals surface area contributed by atoms with Gasteiger partial charge in [0.05, 0.1) is 0 Å². The van der Waals surface area contributed by atoms with Gasteiger partial charge in [-0.1, -0.05) is 24.3 Å². The fourth-order valence-electron chi connectivity index (χ4n) is 3.08. The van der Waals surface area contributed by atoms with Crippen molar-refractivity contribution in [2.75, 3.05) is 24.5 Å². The van der Waals surface area contributed by atoms with Crippen LogP contribution in [0, 0.1) is 0 Å². The minimum absolute atomic E-state index is 0.746. The number of anilines is 1. The van der Waals surface area contributed by atoms with Crippen molar-refractivity contribution in [3.8, 4) is 0 Å². The first kappa shape index (κ1) is 10.8. The highest BCUT2D eigenvalue weighted by Crippen LogP contribution is 2.35. The molecule has 0 unspecified atom stereocenters. The van der Waals surface area contributed by atoms with Crippen molar-refractivity contribution in [2.45, 2.75) is 25.7 Å². The minimum atomic E-state index is 0.746. The average molecular weight is 228 g/mol. The van der Waals surface area contributed by atoms with Crippen LogP contribution < -0.4 is 10.6 Å². The lowest BCUT2D eigenvalue weighted by Gasteiger charge is -2.24. The normalized spacial score (nSPS) is 17.8. The van der Waals surface area contributed by atoms with Crippen molar-refractivity contribution in [3.05, 3.63) is 41.0 Å². The molecule has 0 bridgehead atoms. The number of nitrogens with zero attached hydrogens (tertiary/aromatic N) is 1. The molecule has 2 aliphatic heterocycles. The first-order valence-electron chi connectivity index (χ1n) is 6.64. The van der Waals surface area contributed by atoms with Crippen molar-refractivity contribution in [1.82, 2.24) is 0 Å². The summed E-state index contributed by atoms with van der Waals surface area (Å²) in [7, 11) is 0. The molecule has 2 N–H and O–H groups in total. The van der Waals surface area contributed by atoms with Gasteiger partial charge in [-0.3, -0.25) is 0 Å². The zero-order valence-electron chi connectivity index (χ0n) is 10.3.